The minimum atomic E-state index is -1.21. The highest BCUT2D eigenvalue weighted by molar-refractivity contribution is 5.95. The molecule has 0 bridgehead atoms. The average molecular weight is 434 g/mol. The topological polar surface area (TPSA) is 118 Å². The molecule has 32 heavy (non-hydrogen) atoms. The van der Waals surface area contributed by atoms with Crippen molar-refractivity contribution in [3.63, 3.8) is 0 Å². The van der Waals surface area contributed by atoms with Crippen LogP contribution < -0.4 is 0 Å². The van der Waals surface area contributed by atoms with Crippen molar-refractivity contribution in [1.82, 2.24) is 4.57 Å². The van der Waals surface area contributed by atoms with Crippen molar-refractivity contribution in [2.75, 3.05) is 6.61 Å². The van der Waals surface area contributed by atoms with Crippen LogP contribution in [0.4, 0.5) is 5.69 Å². The van der Waals surface area contributed by atoms with Gasteiger partial charge in [0.1, 0.15) is 0 Å². The van der Waals surface area contributed by atoms with Crippen LogP contribution in [-0.4, -0.2) is 45.5 Å². The Balaban J connectivity index is 1.99. The average Bonchev–Trinajstić information content (AvgIpc) is 3.05. The molecule has 3 rings (SSSR count). The number of benzene rings is 2. The molecule has 0 aliphatic carbocycles. The fourth-order valence-corrected chi connectivity index (χ4v) is 3.37. The first-order chi connectivity index (χ1) is 15.2. The van der Waals surface area contributed by atoms with Crippen LogP contribution >= 0.6 is 0 Å². The van der Waals surface area contributed by atoms with Crippen LogP contribution in [0.25, 0.3) is 5.69 Å². The van der Waals surface area contributed by atoms with E-state index >= 15 is 0 Å². The number of rotatable bonds is 7. The number of aromatic carboxylic acids is 2. The van der Waals surface area contributed by atoms with E-state index < -0.39 is 17.9 Å². The lowest BCUT2D eigenvalue weighted by atomic mass is 10.1. The van der Waals surface area contributed by atoms with Crippen LogP contribution in [0.1, 0.15) is 54.9 Å². The van der Waals surface area contributed by atoms with Gasteiger partial charge < -0.3 is 19.5 Å². The van der Waals surface area contributed by atoms with Gasteiger partial charge in [-0.3, -0.25) is 4.99 Å². The van der Waals surface area contributed by atoms with Crippen molar-refractivity contribution in [2.45, 2.75) is 20.8 Å². The van der Waals surface area contributed by atoms with Crippen molar-refractivity contribution in [1.29, 1.82) is 0 Å². The Hall–Kier alpha value is -4.20. The first-order valence-corrected chi connectivity index (χ1v) is 9.83. The van der Waals surface area contributed by atoms with Gasteiger partial charge in [0, 0.05) is 28.9 Å². The number of esters is 1. The Morgan fingerprint density at radius 2 is 1.62 bits per heavy atom. The number of aryl methyl sites for hydroxylation is 1. The van der Waals surface area contributed by atoms with E-state index in [-0.39, 0.29) is 17.7 Å². The summed E-state index contributed by atoms with van der Waals surface area (Å²) in [7, 11) is 0. The number of nitrogens with zero attached hydrogens (tertiary/aromatic N) is 2. The first kappa shape index (κ1) is 22.5. The maximum atomic E-state index is 11.9. The molecule has 164 valence electrons. The summed E-state index contributed by atoms with van der Waals surface area (Å²) in [6.45, 7) is 5.68. The maximum Gasteiger partial charge on any atom is 0.338 e. The molecule has 8 nitrogen and oxygen atoms in total. The predicted molar refractivity (Wildman–Crippen MR) is 119 cm³/mol. The molecule has 1 aromatic heterocycles. The van der Waals surface area contributed by atoms with Crippen molar-refractivity contribution in [3.05, 3.63) is 82.2 Å². The zero-order chi connectivity index (χ0) is 23.4. The van der Waals surface area contributed by atoms with Crippen LogP contribution in [0, 0.1) is 13.8 Å². The van der Waals surface area contributed by atoms with E-state index in [4.69, 9.17) is 4.74 Å². The minimum Gasteiger partial charge on any atom is -0.478 e. The number of ether oxygens (including phenoxy) is 1. The van der Waals surface area contributed by atoms with Crippen molar-refractivity contribution < 1.29 is 29.3 Å². The van der Waals surface area contributed by atoms with Crippen molar-refractivity contribution in [3.8, 4) is 5.69 Å². The van der Waals surface area contributed by atoms with Crippen molar-refractivity contribution in [2.24, 2.45) is 4.99 Å². The van der Waals surface area contributed by atoms with Crippen LogP contribution in [-0.2, 0) is 4.74 Å². The lowest BCUT2D eigenvalue weighted by molar-refractivity contribution is 0.0525. The lowest BCUT2D eigenvalue weighted by Gasteiger charge is -2.12. The van der Waals surface area contributed by atoms with Gasteiger partial charge in [-0.1, -0.05) is 6.07 Å². The number of carboxylic acids is 2. The highest BCUT2D eigenvalue weighted by atomic mass is 16.5. The van der Waals surface area contributed by atoms with Gasteiger partial charge >= 0.3 is 17.9 Å². The molecule has 0 aliphatic heterocycles. The highest BCUT2D eigenvalue weighted by Gasteiger charge is 2.16. The zero-order valence-corrected chi connectivity index (χ0v) is 17.8. The molecule has 0 spiro atoms. The zero-order valence-electron chi connectivity index (χ0n) is 17.8. The Labute approximate surface area is 184 Å². The normalized spacial score (nSPS) is 11.0. The second kappa shape index (κ2) is 9.30. The van der Waals surface area contributed by atoms with Crippen LogP contribution in [0.15, 0.2) is 53.5 Å². The molecular formula is C24H22N2O6. The van der Waals surface area contributed by atoms with E-state index in [1.807, 2.05) is 19.9 Å². The van der Waals surface area contributed by atoms with E-state index in [9.17, 15) is 24.6 Å². The summed E-state index contributed by atoms with van der Waals surface area (Å²) in [5.74, 6) is -2.84. The molecule has 0 fully saturated rings. The van der Waals surface area contributed by atoms with Gasteiger partial charge in [0.2, 0.25) is 0 Å². The number of carboxylic acid groups (broad SMARTS) is 2. The summed E-state index contributed by atoms with van der Waals surface area (Å²) in [6.07, 6.45) is 1.64. The minimum absolute atomic E-state index is 0.113. The van der Waals surface area contributed by atoms with Crippen LogP contribution in [0.5, 0.6) is 0 Å². The summed E-state index contributed by atoms with van der Waals surface area (Å²) in [4.78, 5) is 39.3. The number of hydrogen-bond donors (Lipinski definition) is 2. The number of carbonyl (C=O) groups excluding carboxylic acids is 1. The third-order valence-electron chi connectivity index (χ3n) is 4.85. The lowest BCUT2D eigenvalue weighted by Crippen LogP contribution is -2.07. The molecule has 0 aliphatic rings. The molecular weight excluding hydrogens is 412 g/mol. The summed E-state index contributed by atoms with van der Waals surface area (Å²) in [5, 5.41) is 18.7. The molecule has 0 saturated carbocycles. The van der Waals surface area contributed by atoms with E-state index in [0.717, 1.165) is 23.0 Å². The van der Waals surface area contributed by atoms with Gasteiger partial charge in [-0.2, -0.15) is 0 Å². The summed E-state index contributed by atoms with van der Waals surface area (Å²) >= 11 is 0. The number of carbonyl (C=O) groups is 3. The second-order valence-corrected chi connectivity index (χ2v) is 7.07. The Morgan fingerprint density at radius 1 is 0.969 bits per heavy atom. The third kappa shape index (κ3) is 4.75. The SMILES string of the molecule is CCOC(=O)c1cccc(N=Cc2cc(C)n(-c3cc(C(=O)O)cc(C(=O)O)c3)c2C)c1. The largest absolute Gasteiger partial charge is 0.478 e. The molecule has 1 heterocycles. The second-order valence-electron chi connectivity index (χ2n) is 7.07. The fraction of sp³-hybridized carbons (Fsp3) is 0.167. The summed E-state index contributed by atoms with van der Waals surface area (Å²) in [6, 6.07) is 12.6. The van der Waals surface area contributed by atoms with Crippen LogP contribution in [0.3, 0.4) is 0 Å². The number of aliphatic imine (C=N–C) groups is 1. The molecule has 0 saturated heterocycles. The maximum absolute atomic E-state index is 11.9. The van der Waals surface area contributed by atoms with E-state index in [1.54, 1.807) is 42.0 Å². The number of aromatic nitrogens is 1. The van der Waals surface area contributed by atoms with Gasteiger partial charge in [0.15, 0.2) is 0 Å². The van der Waals surface area contributed by atoms with Gasteiger partial charge in [0.25, 0.3) is 0 Å². The molecule has 0 amide bonds. The molecule has 0 radical (unpaired) electrons. The monoisotopic (exact) mass is 434 g/mol. The molecule has 3 aromatic rings. The van der Waals surface area contributed by atoms with E-state index in [1.165, 1.54) is 12.1 Å². The van der Waals surface area contributed by atoms with Crippen molar-refractivity contribution >= 4 is 29.8 Å². The predicted octanol–water partition coefficient (Wildman–Crippen LogP) is 4.42. The van der Waals surface area contributed by atoms with Gasteiger partial charge in [0.05, 0.1) is 29.0 Å². The van der Waals surface area contributed by atoms with Crippen LogP contribution in [0.2, 0.25) is 0 Å². The quantitative estimate of drug-likeness (QED) is 0.420. The third-order valence-corrected chi connectivity index (χ3v) is 4.85. The molecule has 2 N–H and O–H groups in total. The van der Waals surface area contributed by atoms with Gasteiger partial charge in [-0.15, -0.1) is 0 Å². The van der Waals surface area contributed by atoms with E-state index in [2.05, 4.69) is 4.99 Å². The Morgan fingerprint density at radius 3 is 2.22 bits per heavy atom. The van der Waals surface area contributed by atoms with E-state index in [0.29, 0.717) is 16.9 Å². The van der Waals surface area contributed by atoms with Gasteiger partial charge in [-0.25, -0.2) is 14.4 Å². The summed E-state index contributed by atoms with van der Waals surface area (Å²) < 4.78 is 6.78. The highest BCUT2D eigenvalue weighted by Crippen LogP contribution is 2.23. The molecule has 0 unspecified atom stereocenters. The van der Waals surface area contributed by atoms with Gasteiger partial charge in [-0.05, 0) is 63.2 Å². The summed E-state index contributed by atoms with van der Waals surface area (Å²) in [5.41, 5.74) is 3.48. The molecule has 8 heteroatoms. The standard InChI is InChI=1S/C24H22N2O6/c1-4-32-24(31)16-6-5-7-20(10-16)25-13-19-8-14(2)26(15(19)3)21-11-17(22(27)28)9-18(12-21)23(29)30/h5-13H,4H2,1-3H3,(H,27,28)(H,29,30). The Bertz CT molecular complexity index is 1210. The smallest absolute Gasteiger partial charge is 0.338 e. The molecule has 2 aromatic carbocycles. The fourth-order valence-electron chi connectivity index (χ4n) is 3.37. The Kier molecular flexibility index (Phi) is 6.53. The number of hydrogen-bond acceptors (Lipinski definition) is 5. The molecule has 0 atom stereocenters. The first-order valence-electron chi connectivity index (χ1n) is 9.83.